The predicted molar refractivity (Wildman–Crippen MR) is 90.4 cm³/mol. The van der Waals surface area contributed by atoms with Gasteiger partial charge in [0.2, 0.25) is 5.91 Å². The molecule has 2 aromatic carbocycles. The molecule has 0 aliphatic carbocycles. The van der Waals surface area contributed by atoms with Gasteiger partial charge in [0.25, 0.3) is 0 Å². The molecule has 21 heavy (non-hydrogen) atoms. The van der Waals surface area contributed by atoms with Gasteiger partial charge in [-0.1, -0.05) is 45.8 Å². The monoisotopic (exact) mass is 346 g/mol. The van der Waals surface area contributed by atoms with E-state index in [9.17, 15) is 4.79 Å². The maximum atomic E-state index is 11.9. The molecule has 2 N–H and O–H groups in total. The molecule has 1 amide bonds. The lowest BCUT2D eigenvalue weighted by molar-refractivity contribution is -0.115. The molecule has 0 atom stereocenters. The molecule has 2 rings (SSSR count). The second-order valence-electron chi connectivity index (χ2n) is 5.10. The van der Waals surface area contributed by atoms with Gasteiger partial charge in [-0.15, -0.1) is 0 Å². The Bertz CT molecular complexity index is 623. The van der Waals surface area contributed by atoms with Crippen molar-refractivity contribution in [2.75, 3.05) is 11.9 Å². The lowest BCUT2D eigenvalue weighted by atomic mass is 10.1. The molecule has 0 saturated heterocycles. The standard InChI is InChI=1S/C17H19BrN2O/c1-12-3-5-14(6-4-12)10-19-11-17(21)20-16-8-7-15(18)9-13(16)2/h3-9,19H,10-11H2,1-2H3,(H,20,21). The Morgan fingerprint density at radius 2 is 1.81 bits per heavy atom. The average molecular weight is 347 g/mol. The summed E-state index contributed by atoms with van der Waals surface area (Å²) in [7, 11) is 0. The summed E-state index contributed by atoms with van der Waals surface area (Å²) in [5, 5.41) is 6.06. The summed E-state index contributed by atoms with van der Waals surface area (Å²) in [4.78, 5) is 11.9. The second kappa shape index (κ2) is 7.38. The zero-order valence-electron chi connectivity index (χ0n) is 12.2. The molecule has 0 radical (unpaired) electrons. The van der Waals surface area contributed by atoms with Gasteiger partial charge in [0.05, 0.1) is 6.54 Å². The molecule has 0 aromatic heterocycles. The number of amides is 1. The van der Waals surface area contributed by atoms with Crippen molar-refractivity contribution in [3.8, 4) is 0 Å². The molecule has 3 nitrogen and oxygen atoms in total. The van der Waals surface area contributed by atoms with Crippen LogP contribution in [0.4, 0.5) is 5.69 Å². The minimum atomic E-state index is -0.0347. The Morgan fingerprint density at radius 1 is 1.10 bits per heavy atom. The van der Waals surface area contributed by atoms with Gasteiger partial charge in [0.15, 0.2) is 0 Å². The Kier molecular flexibility index (Phi) is 5.53. The van der Waals surface area contributed by atoms with Crippen molar-refractivity contribution in [3.05, 3.63) is 63.6 Å². The van der Waals surface area contributed by atoms with Crippen LogP contribution in [-0.4, -0.2) is 12.5 Å². The Morgan fingerprint density at radius 3 is 2.48 bits per heavy atom. The maximum absolute atomic E-state index is 11.9. The first kappa shape index (κ1) is 15.7. The number of carbonyl (C=O) groups excluding carboxylic acids is 1. The molecule has 0 aliphatic rings. The van der Waals surface area contributed by atoms with Crippen LogP contribution >= 0.6 is 15.9 Å². The highest BCUT2D eigenvalue weighted by Crippen LogP contribution is 2.19. The van der Waals surface area contributed by atoms with Gasteiger partial charge < -0.3 is 10.6 Å². The summed E-state index contributed by atoms with van der Waals surface area (Å²) < 4.78 is 1.01. The van der Waals surface area contributed by atoms with Crippen molar-refractivity contribution in [2.24, 2.45) is 0 Å². The van der Waals surface area contributed by atoms with Crippen LogP contribution in [-0.2, 0) is 11.3 Å². The zero-order valence-corrected chi connectivity index (χ0v) is 13.8. The number of hydrogen-bond acceptors (Lipinski definition) is 2. The average Bonchev–Trinajstić information content (AvgIpc) is 2.44. The first-order valence-electron chi connectivity index (χ1n) is 6.87. The smallest absolute Gasteiger partial charge is 0.238 e. The van der Waals surface area contributed by atoms with Gasteiger partial charge in [-0.25, -0.2) is 0 Å². The number of anilines is 1. The fourth-order valence-electron chi connectivity index (χ4n) is 1.99. The van der Waals surface area contributed by atoms with Crippen LogP contribution in [0, 0.1) is 13.8 Å². The quantitative estimate of drug-likeness (QED) is 0.864. The number of aryl methyl sites for hydroxylation is 2. The van der Waals surface area contributed by atoms with E-state index >= 15 is 0 Å². The van der Waals surface area contributed by atoms with E-state index in [0.717, 1.165) is 15.7 Å². The molecule has 0 bridgehead atoms. The van der Waals surface area contributed by atoms with E-state index in [2.05, 4.69) is 57.8 Å². The van der Waals surface area contributed by atoms with Gasteiger partial charge in [-0.05, 0) is 43.2 Å². The lowest BCUT2D eigenvalue weighted by Gasteiger charge is -2.09. The van der Waals surface area contributed by atoms with Crippen molar-refractivity contribution in [1.82, 2.24) is 5.32 Å². The SMILES string of the molecule is Cc1ccc(CNCC(=O)Nc2ccc(Br)cc2C)cc1. The molecule has 0 heterocycles. The molecule has 4 heteroatoms. The van der Waals surface area contributed by atoms with E-state index < -0.39 is 0 Å². The van der Waals surface area contributed by atoms with Gasteiger partial charge in [-0.3, -0.25) is 4.79 Å². The first-order valence-corrected chi connectivity index (χ1v) is 7.66. The molecule has 0 fully saturated rings. The largest absolute Gasteiger partial charge is 0.325 e. The minimum Gasteiger partial charge on any atom is -0.325 e. The third-order valence-corrected chi connectivity index (χ3v) is 3.69. The third-order valence-electron chi connectivity index (χ3n) is 3.20. The van der Waals surface area contributed by atoms with Crippen molar-refractivity contribution < 1.29 is 4.79 Å². The number of nitrogens with one attached hydrogen (secondary N) is 2. The van der Waals surface area contributed by atoms with E-state index in [4.69, 9.17) is 0 Å². The van der Waals surface area contributed by atoms with Crippen molar-refractivity contribution in [3.63, 3.8) is 0 Å². The fourth-order valence-corrected chi connectivity index (χ4v) is 2.46. The number of hydrogen-bond donors (Lipinski definition) is 2. The summed E-state index contributed by atoms with van der Waals surface area (Å²) in [6.45, 7) is 5.02. The summed E-state index contributed by atoms with van der Waals surface area (Å²) in [6.07, 6.45) is 0. The van der Waals surface area contributed by atoms with Crippen LogP contribution in [0.2, 0.25) is 0 Å². The van der Waals surface area contributed by atoms with E-state index in [1.807, 2.05) is 25.1 Å². The molecular formula is C17H19BrN2O. The fraction of sp³-hybridized carbons (Fsp3) is 0.235. The zero-order chi connectivity index (χ0) is 15.2. The Balaban J connectivity index is 1.81. The normalized spacial score (nSPS) is 10.4. The highest BCUT2D eigenvalue weighted by atomic mass is 79.9. The summed E-state index contributed by atoms with van der Waals surface area (Å²) in [5.41, 5.74) is 4.30. The predicted octanol–water partition coefficient (Wildman–Crippen LogP) is 3.79. The lowest BCUT2D eigenvalue weighted by Crippen LogP contribution is -2.27. The van der Waals surface area contributed by atoms with E-state index in [1.54, 1.807) is 0 Å². The van der Waals surface area contributed by atoms with E-state index in [-0.39, 0.29) is 5.91 Å². The summed E-state index contributed by atoms with van der Waals surface area (Å²) in [6, 6.07) is 14.1. The van der Waals surface area contributed by atoms with Crippen molar-refractivity contribution in [2.45, 2.75) is 20.4 Å². The van der Waals surface area contributed by atoms with E-state index in [0.29, 0.717) is 13.1 Å². The second-order valence-corrected chi connectivity index (χ2v) is 6.01. The van der Waals surface area contributed by atoms with Crippen LogP contribution in [0.25, 0.3) is 0 Å². The molecule has 2 aromatic rings. The number of benzene rings is 2. The van der Waals surface area contributed by atoms with Crippen LogP contribution in [0.5, 0.6) is 0 Å². The van der Waals surface area contributed by atoms with Gasteiger partial charge in [-0.2, -0.15) is 0 Å². The Labute approximate surface area is 133 Å². The summed E-state index contributed by atoms with van der Waals surface area (Å²) in [5.74, 6) is -0.0347. The van der Waals surface area contributed by atoms with Crippen LogP contribution in [0.15, 0.2) is 46.9 Å². The number of halogens is 1. The molecule has 0 unspecified atom stereocenters. The van der Waals surface area contributed by atoms with Crippen LogP contribution in [0.3, 0.4) is 0 Å². The minimum absolute atomic E-state index is 0.0347. The number of carbonyl (C=O) groups is 1. The topological polar surface area (TPSA) is 41.1 Å². The first-order chi connectivity index (χ1) is 10.0. The summed E-state index contributed by atoms with van der Waals surface area (Å²) >= 11 is 3.41. The highest BCUT2D eigenvalue weighted by Gasteiger charge is 2.04. The van der Waals surface area contributed by atoms with Gasteiger partial charge in [0.1, 0.15) is 0 Å². The molecule has 110 valence electrons. The molecule has 0 saturated carbocycles. The number of rotatable bonds is 5. The maximum Gasteiger partial charge on any atom is 0.238 e. The molecule has 0 spiro atoms. The Hall–Kier alpha value is -1.65. The third kappa shape index (κ3) is 4.99. The van der Waals surface area contributed by atoms with Gasteiger partial charge in [0, 0.05) is 16.7 Å². The van der Waals surface area contributed by atoms with Gasteiger partial charge >= 0.3 is 0 Å². The molecule has 0 aliphatic heterocycles. The van der Waals surface area contributed by atoms with Crippen molar-refractivity contribution >= 4 is 27.5 Å². The van der Waals surface area contributed by atoms with Crippen molar-refractivity contribution in [1.29, 1.82) is 0 Å². The van der Waals surface area contributed by atoms with E-state index in [1.165, 1.54) is 11.1 Å². The molecular weight excluding hydrogens is 328 g/mol. The highest BCUT2D eigenvalue weighted by molar-refractivity contribution is 9.10. The van der Waals surface area contributed by atoms with Crippen LogP contribution in [0.1, 0.15) is 16.7 Å². The van der Waals surface area contributed by atoms with Crippen LogP contribution < -0.4 is 10.6 Å².